The number of hydrogen-bond donors (Lipinski definition) is 1. The van der Waals surface area contributed by atoms with Crippen LogP contribution in [0.1, 0.15) is 26.7 Å². The number of sulfonamides is 1. The number of amides is 1. The molecular formula is C17H26N2O5S. The molecule has 0 saturated carbocycles. The molecule has 1 unspecified atom stereocenters. The highest BCUT2D eigenvalue weighted by Crippen LogP contribution is 2.28. The van der Waals surface area contributed by atoms with Gasteiger partial charge in [-0.15, -0.1) is 0 Å². The summed E-state index contributed by atoms with van der Waals surface area (Å²) in [5.41, 5.74) is 0. The molecule has 2 rings (SSSR count). The maximum atomic E-state index is 12.8. The van der Waals surface area contributed by atoms with Crippen molar-refractivity contribution in [1.29, 1.82) is 0 Å². The van der Waals surface area contributed by atoms with Crippen molar-refractivity contribution in [3.8, 4) is 11.5 Å². The van der Waals surface area contributed by atoms with Crippen LogP contribution in [-0.2, 0) is 14.8 Å². The zero-order valence-corrected chi connectivity index (χ0v) is 15.9. The van der Waals surface area contributed by atoms with Crippen LogP contribution in [0.5, 0.6) is 11.5 Å². The molecule has 0 aliphatic carbocycles. The summed E-state index contributed by atoms with van der Waals surface area (Å²) in [6, 6.07) is 4.31. The molecule has 1 aliphatic rings. The van der Waals surface area contributed by atoms with E-state index in [1.807, 2.05) is 13.8 Å². The molecule has 1 N–H and O–H groups in total. The predicted octanol–water partition coefficient (Wildman–Crippen LogP) is 1.63. The van der Waals surface area contributed by atoms with Gasteiger partial charge in [-0.1, -0.05) is 13.8 Å². The second-order valence-corrected chi connectivity index (χ2v) is 8.10. The summed E-state index contributed by atoms with van der Waals surface area (Å²) >= 11 is 0. The summed E-state index contributed by atoms with van der Waals surface area (Å²) in [5, 5.41) is 0. The Labute approximate surface area is 149 Å². The number of piperidine rings is 1. The highest BCUT2D eigenvalue weighted by Gasteiger charge is 2.30. The van der Waals surface area contributed by atoms with Crippen LogP contribution >= 0.6 is 0 Å². The maximum Gasteiger partial charge on any atom is 0.244 e. The molecule has 0 aromatic heterocycles. The van der Waals surface area contributed by atoms with E-state index in [0.29, 0.717) is 25.3 Å². The van der Waals surface area contributed by atoms with Gasteiger partial charge in [0.2, 0.25) is 15.9 Å². The van der Waals surface area contributed by atoms with Crippen LogP contribution in [-0.4, -0.2) is 52.6 Å². The van der Waals surface area contributed by atoms with E-state index in [-0.39, 0.29) is 28.5 Å². The van der Waals surface area contributed by atoms with Gasteiger partial charge in [-0.25, -0.2) is 13.1 Å². The highest BCUT2D eigenvalue weighted by atomic mass is 32.2. The van der Waals surface area contributed by atoms with E-state index in [2.05, 4.69) is 4.72 Å². The molecule has 1 fully saturated rings. The Balaban J connectivity index is 2.19. The fourth-order valence-corrected chi connectivity index (χ4v) is 4.36. The van der Waals surface area contributed by atoms with Gasteiger partial charge < -0.3 is 14.4 Å². The lowest BCUT2D eigenvalue weighted by molar-refractivity contribution is -0.135. The molecule has 1 heterocycles. The van der Waals surface area contributed by atoms with E-state index in [0.717, 1.165) is 6.42 Å². The first-order chi connectivity index (χ1) is 11.8. The number of carbonyl (C=O) groups excluding carboxylic acids is 1. The van der Waals surface area contributed by atoms with Crippen LogP contribution in [0.4, 0.5) is 0 Å². The normalized spacial score (nSPS) is 18.3. The molecule has 0 spiro atoms. The van der Waals surface area contributed by atoms with Gasteiger partial charge in [0.15, 0.2) is 0 Å². The minimum absolute atomic E-state index is 0.0293. The standard InChI is InChI=1S/C17H26N2O5S/c1-12(2)17(20)19-9-5-6-13(11-19)18-25(21,22)16-10-14(23-3)7-8-15(16)24-4/h7-8,10,12-13,18H,5-6,9,11H2,1-4H3. The maximum absolute atomic E-state index is 12.8. The van der Waals surface area contributed by atoms with Crippen molar-refractivity contribution in [1.82, 2.24) is 9.62 Å². The lowest BCUT2D eigenvalue weighted by Gasteiger charge is -2.34. The Hall–Kier alpha value is -1.80. The number of hydrogen-bond acceptors (Lipinski definition) is 5. The number of likely N-dealkylation sites (tertiary alicyclic amines) is 1. The Kier molecular flexibility index (Phi) is 6.29. The Morgan fingerprint density at radius 1 is 1.28 bits per heavy atom. The van der Waals surface area contributed by atoms with Crippen molar-refractivity contribution in [2.45, 2.75) is 37.6 Å². The summed E-state index contributed by atoms with van der Waals surface area (Å²) in [5.74, 6) is 0.623. The van der Waals surface area contributed by atoms with Gasteiger partial charge in [-0.3, -0.25) is 4.79 Å². The van der Waals surface area contributed by atoms with Gasteiger partial charge in [0.05, 0.1) is 14.2 Å². The lowest BCUT2D eigenvalue weighted by atomic mass is 10.0. The second-order valence-electron chi connectivity index (χ2n) is 6.42. The molecule has 0 bridgehead atoms. The van der Waals surface area contributed by atoms with E-state index < -0.39 is 10.0 Å². The van der Waals surface area contributed by atoms with Gasteiger partial charge in [-0.2, -0.15) is 0 Å². The lowest BCUT2D eigenvalue weighted by Crippen LogP contribution is -2.50. The summed E-state index contributed by atoms with van der Waals surface area (Å²) < 4.78 is 38.6. The average Bonchev–Trinajstić information content (AvgIpc) is 2.60. The van der Waals surface area contributed by atoms with E-state index in [4.69, 9.17) is 9.47 Å². The van der Waals surface area contributed by atoms with Gasteiger partial charge in [0, 0.05) is 31.1 Å². The summed E-state index contributed by atoms with van der Waals surface area (Å²) in [6.07, 6.45) is 1.45. The molecular weight excluding hydrogens is 344 g/mol. The van der Waals surface area contributed by atoms with Crippen LogP contribution in [0, 0.1) is 5.92 Å². The van der Waals surface area contributed by atoms with E-state index in [9.17, 15) is 13.2 Å². The molecule has 25 heavy (non-hydrogen) atoms. The molecule has 1 aromatic rings. The van der Waals surface area contributed by atoms with Gasteiger partial charge in [0.25, 0.3) is 0 Å². The van der Waals surface area contributed by atoms with Crippen molar-refractivity contribution < 1.29 is 22.7 Å². The van der Waals surface area contributed by atoms with Gasteiger partial charge in [-0.05, 0) is 25.0 Å². The van der Waals surface area contributed by atoms with E-state index in [1.54, 1.807) is 17.0 Å². The minimum Gasteiger partial charge on any atom is -0.497 e. The monoisotopic (exact) mass is 370 g/mol. The summed E-state index contributed by atoms with van der Waals surface area (Å²) in [4.78, 5) is 13.9. The van der Waals surface area contributed by atoms with Crippen LogP contribution in [0.2, 0.25) is 0 Å². The summed E-state index contributed by atoms with van der Waals surface area (Å²) in [7, 11) is -0.902. The number of ether oxygens (including phenoxy) is 2. The first-order valence-electron chi connectivity index (χ1n) is 8.31. The average molecular weight is 370 g/mol. The highest BCUT2D eigenvalue weighted by molar-refractivity contribution is 7.89. The molecule has 0 radical (unpaired) electrons. The molecule has 1 amide bonds. The third-order valence-electron chi connectivity index (χ3n) is 4.21. The molecule has 8 heteroatoms. The fourth-order valence-electron chi connectivity index (χ4n) is 2.92. The van der Waals surface area contributed by atoms with Crippen molar-refractivity contribution in [3.05, 3.63) is 18.2 Å². The number of nitrogens with zero attached hydrogens (tertiary/aromatic N) is 1. The number of nitrogens with one attached hydrogen (secondary N) is 1. The quantitative estimate of drug-likeness (QED) is 0.823. The van der Waals surface area contributed by atoms with Crippen LogP contribution in [0.3, 0.4) is 0 Å². The first-order valence-corrected chi connectivity index (χ1v) is 9.80. The molecule has 140 valence electrons. The second kappa shape index (κ2) is 8.05. The molecule has 1 aromatic carbocycles. The fraction of sp³-hybridized carbons (Fsp3) is 0.588. The molecule has 1 saturated heterocycles. The predicted molar refractivity (Wildman–Crippen MR) is 94.3 cm³/mol. The largest absolute Gasteiger partial charge is 0.497 e. The smallest absolute Gasteiger partial charge is 0.244 e. The zero-order valence-electron chi connectivity index (χ0n) is 15.1. The molecule has 1 aliphatic heterocycles. The van der Waals surface area contributed by atoms with Gasteiger partial charge in [0.1, 0.15) is 16.4 Å². The van der Waals surface area contributed by atoms with Crippen LogP contribution in [0.15, 0.2) is 23.1 Å². The van der Waals surface area contributed by atoms with Crippen LogP contribution < -0.4 is 14.2 Å². The first kappa shape index (κ1) is 19.5. The van der Waals surface area contributed by atoms with Crippen molar-refractivity contribution in [3.63, 3.8) is 0 Å². The van der Waals surface area contributed by atoms with E-state index >= 15 is 0 Å². The number of carbonyl (C=O) groups is 1. The van der Waals surface area contributed by atoms with Gasteiger partial charge >= 0.3 is 0 Å². The van der Waals surface area contributed by atoms with E-state index in [1.165, 1.54) is 20.3 Å². The van der Waals surface area contributed by atoms with Crippen molar-refractivity contribution in [2.75, 3.05) is 27.3 Å². The Morgan fingerprint density at radius 2 is 2.00 bits per heavy atom. The molecule has 1 atom stereocenters. The number of rotatable bonds is 6. The number of benzene rings is 1. The third kappa shape index (κ3) is 4.64. The SMILES string of the molecule is COc1ccc(OC)c(S(=O)(=O)NC2CCCN(C(=O)C(C)C)C2)c1. The van der Waals surface area contributed by atoms with Crippen molar-refractivity contribution in [2.24, 2.45) is 5.92 Å². The minimum atomic E-state index is -3.80. The topological polar surface area (TPSA) is 84.9 Å². The number of methoxy groups -OCH3 is 2. The Morgan fingerprint density at radius 3 is 2.60 bits per heavy atom. The van der Waals surface area contributed by atoms with Crippen molar-refractivity contribution >= 4 is 15.9 Å². The molecule has 7 nitrogen and oxygen atoms in total. The summed E-state index contributed by atoms with van der Waals surface area (Å²) in [6.45, 7) is 4.73. The Bertz CT molecular complexity index is 718. The third-order valence-corrected chi connectivity index (χ3v) is 5.75. The zero-order chi connectivity index (χ0) is 18.6. The van der Waals surface area contributed by atoms with Crippen LogP contribution in [0.25, 0.3) is 0 Å².